The highest BCUT2D eigenvalue weighted by atomic mass is 19.1. The summed E-state index contributed by atoms with van der Waals surface area (Å²) in [7, 11) is 0. The highest BCUT2D eigenvalue weighted by molar-refractivity contribution is 5.76. The lowest BCUT2D eigenvalue weighted by Gasteiger charge is -2.34. The minimum Gasteiger partial charge on any atom is -0.395 e. The first-order chi connectivity index (χ1) is 8.02. The van der Waals surface area contributed by atoms with Gasteiger partial charge in [0.2, 0.25) is 5.91 Å². The molecule has 0 aromatic heterocycles. The fraction of sp³-hybridized carbons (Fsp3) is 0.917. The van der Waals surface area contributed by atoms with Gasteiger partial charge in [-0.2, -0.15) is 0 Å². The van der Waals surface area contributed by atoms with E-state index < -0.39 is 6.17 Å². The van der Waals surface area contributed by atoms with E-state index in [9.17, 15) is 9.18 Å². The molecular weight excluding hydrogens is 223 g/mol. The Balaban J connectivity index is 2.34. The topological polar surface area (TPSA) is 52.6 Å². The summed E-state index contributed by atoms with van der Waals surface area (Å²) in [6.45, 7) is 5.47. The van der Waals surface area contributed by atoms with Crippen molar-refractivity contribution in [3.63, 3.8) is 0 Å². The van der Waals surface area contributed by atoms with Crippen molar-refractivity contribution >= 4 is 5.91 Å². The van der Waals surface area contributed by atoms with Gasteiger partial charge in [0, 0.05) is 31.5 Å². The fourth-order valence-electron chi connectivity index (χ4n) is 2.21. The van der Waals surface area contributed by atoms with Crippen LogP contribution in [0.2, 0.25) is 0 Å². The van der Waals surface area contributed by atoms with Gasteiger partial charge in [-0.3, -0.25) is 9.69 Å². The molecule has 100 valence electrons. The van der Waals surface area contributed by atoms with Gasteiger partial charge in [-0.1, -0.05) is 0 Å². The highest BCUT2D eigenvalue weighted by Gasteiger charge is 2.30. The van der Waals surface area contributed by atoms with Gasteiger partial charge < -0.3 is 10.4 Å². The molecule has 1 rings (SSSR count). The maximum absolute atomic E-state index is 13.8. The first-order valence-corrected chi connectivity index (χ1v) is 6.29. The highest BCUT2D eigenvalue weighted by Crippen LogP contribution is 2.23. The Hall–Kier alpha value is -0.680. The molecule has 2 unspecified atom stereocenters. The third-order valence-electron chi connectivity index (χ3n) is 3.07. The first kappa shape index (κ1) is 14.4. The smallest absolute Gasteiger partial charge is 0.220 e. The van der Waals surface area contributed by atoms with Crippen LogP contribution in [0.25, 0.3) is 0 Å². The molecule has 1 saturated heterocycles. The summed E-state index contributed by atoms with van der Waals surface area (Å²) in [6.07, 6.45) is -0.00728. The van der Waals surface area contributed by atoms with Gasteiger partial charge in [-0.05, 0) is 26.8 Å². The maximum atomic E-state index is 13.8. The minimum absolute atomic E-state index is 0.0607. The number of carbonyl (C=O) groups is 1. The summed E-state index contributed by atoms with van der Waals surface area (Å²) in [5.74, 6) is -0.244. The number of nitrogens with zero attached hydrogens (tertiary/aromatic N) is 1. The molecule has 5 heteroatoms. The second-order valence-electron chi connectivity index (χ2n) is 5.02. The van der Waals surface area contributed by atoms with Crippen molar-refractivity contribution in [2.24, 2.45) is 5.92 Å². The summed E-state index contributed by atoms with van der Waals surface area (Å²) >= 11 is 0. The molecule has 0 saturated carbocycles. The van der Waals surface area contributed by atoms with E-state index in [1.807, 2.05) is 18.7 Å². The minimum atomic E-state index is -0.965. The second kappa shape index (κ2) is 6.91. The molecular formula is C12H23FN2O2. The van der Waals surface area contributed by atoms with Crippen LogP contribution in [-0.2, 0) is 4.79 Å². The molecule has 2 atom stereocenters. The van der Waals surface area contributed by atoms with Crippen LogP contribution in [0.3, 0.4) is 0 Å². The van der Waals surface area contributed by atoms with E-state index >= 15 is 0 Å². The second-order valence-corrected chi connectivity index (χ2v) is 5.02. The Bertz CT molecular complexity index is 249. The zero-order chi connectivity index (χ0) is 12.8. The summed E-state index contributed by atoms with van der Waals surface area (Å²) in [6, 6.07) is 0.107. The number of hydrogen-bond acceptors (Lipinski definition) is 3. The Morgan fingerprint density at radius 1 is 1.59 bits per heavy atom. The zero-order valence-electron chi connectivity index (χ0n) is 10.7. The number of aliphatic hydroxyl groups excluding tert-OH is 1. The molecule has 2 N–H and O–H groups in total. The quantitative estimate of drug-likeness (QED) is 0.745. The zero-order valence-corrected chi connectivity index (χ0v) is 10.7. The van der Waals surface area contributed by atoms with Gasteiger partial charge in [0.1, 0.15) is 6.17 Å². The molecule has 0 bridgehead atoms. The summed E-state index contributed by atoms with van der Waals surface area (Å²) < 4.78 is 13.8. The molecule has 0 radical (unpaired) electrons. The van der Waals surface area contributed by atoms with Crippen molar-refractivity contribution in [3.8, 4) is 0 Å². The predicted molar refractivity (Wildman–Crippen MR) is 64.4 cm³/mol. The van der Waals surface area contributed by atoms with Crippen LogP contribution in [0.5, 0.6) is 0 Å². The van der Waals surface area contributed by atoms with Crippen LogP contribution in [0.4, 0.5) is 4.39 Å². The lowest BCUT2D eigenvalue weighted by Crippen LogP contribution is -2.44. The Morgan fingerprint density at radius 3 is 2.82 bits per heavy atom. The number of piperidine rings is 1. The van der Waals surface area contributed by atoms with E-state index in [1.165, 1.54) is 0 Å². The molecule has 1 heterocycles. The van der Waals surface area contributed by atoms with Crippen molar-refractivity contribution in [1.29, 1.82) is 0 Å². The fourth-order valence-corrected chi connectivity index (χ4v) is 2.21. The molecule has 17 heavy (non-hydrogen) atoms. The van der Waals surface area contributed by atoms with Crippen LogP contribution in [0.1, 0.15) is 26.7 Å². The largest absolute Gasteiger partial charge is 0.395 e. The molecule has 4 nitrogen and oxygen atoms in total. The Labute approximate surface area is 102 Å². The van der Waals surface area contributed by atoms with Crippen molar-refractivity contribution in [3.05, 3.63) is 0 Å². The van der Waals surface area contributed by atoms with Crippen LogP contribution in [0, 0.1) is 5.92 Å². The average molecular weight is 246 g/mol. The van der Waals surface area contributed by atoms with E-state index in [4.69, 9.17) is 5.11 Å². The molecule has 0 aromatic carbocycles. The van der Waals surface area contributed by atoms with Crippen LogP contribution in [-0.4, -0.2) is 54.4 Å². The normalized spacial score (nSPS) is 26.2. The summed E-state index contributed by atoms with van der Waals surface area (Å²) in [4.78, 5) is 13.4. The molecule has 1 aliphatic heterocycles. The SMILES string of the molecule is CC(C)NC(=O)CC1CCN(CCO)CC1F. The van der Waals surface area contributed by atoms with Crippen molar-refractivity contribution in [1.82, 2.24) is 10.2 Å². The third-order valence-corrected chi connectivity index (χ3v) is 3.07. The van der Waals surface area contributed by atoms with Crippen molar-refractivity contribution in [2.45, 2.75) is 38.9 Å². The van der Waals surface area contributed by atoms with Gasteiger partial charge in [0.15, 0.2) is 0 Å². The number of hydrogen-bond donors (Lipinski definition) is 2. The van der Waals surface area contributed by atoms with Gasteiger partial charge in [-0.25, -0.2) is 4.39 Å². The number of halogens is 1. The molecule has 1 fully saturated rings. The van der Waals surface area contributed by atoms with Gasteiger partial charge in [0.25, 0.3) is 0 Å². The number of likely N-dealkylation sites (tertiary alicyclic amines) is 1. The van der Waals surface area contributed by atoms with Crippen molar-refractivity contribution in [2.75, 3.05) is 26.2 Å². The number of carbonyl (C=O) groups excluding carboxylic acids is 1. The Kier molecular flexibility index (Phi) is 5.85. The van der Waals surface area contributed by atoms with Gasteiger partial charge >= 0.3 is 0 Å². The monoisotopic (exact) mass is 246 g/mol. The van der Waals surface area contributed by atoms with Crippen molar-refractivity contribution < 1.29 is 14.3 Å². The molecule has 1 aliphatic rings. The summed E-state index contributed by atoms with van der Waals surface area (Å²) in [5, 5.41) is 11.6. The number of β-amino-alcohol motifs (C(OH)–C–C–N with tert-alkyl or cyclic N) is 1. The maximum Gasteiger partial charge on any atom is 0.220 e. The number of rotatable bonds is 5. The van der Waals surface area contributed by atoms with Gasteiger partial charge in [0.05, 0.1) is 6.61 Å². The number of aliphatic hydroxyl groups is 1. The molecule has 0 aromatic rings. The third kappa shape index (κ3) is 5.00. The standard InChI is InChI=1S/C12H23FN2O2/c1-9(2)14-12(17)7-10-3-4-15(5-6-16)8-11(10)13/h9-11,16H,3-8H2,1-2H3,(H,14,17). The van der Waals surface area contributed by atoms with Crippen LogP contribution < -0.4 is 5.32 Å². The van der Waals surface area contributed by atoms with E-state index in [0.717, 1.165) is 6.54 Å². The van der Waals surface area contributed by atoms with E-state index in [0.29, 0.717) is 19.5 Å². The van der Waals surface area contributed by atoms with Crippen LogP contribution >= 0.6 is 0 Å². The number of alkyl halides is 1. The lowest BCUT2D eigenvalue weighted by atomic mass is 9.91. The number of amides is 1. The first-order valence-electron chi connectivity index (χ1n) is 6.29. The lowest BCUT2D eigenvalue weighted by molar-refractivity contribution is -0.123. The van der Waals surface area contributed by atoms with Gasteiger partial charge in [-0.15, -0.1) is 0 Å². The van der Waals surface area contributed by atoms with E-state index in [1.54, 1.807) is 0 Å². The van der Waals surface area contributed by atoms with Crippen LogP contribution in [0.15, 0.2) is 0 Å². The Morgan fingerprint density at radius 2 is 2.29 bits per heavy atom. The molecule has 0 aliphatic carbocycles. The number of nitrogens with one attached hydrogen (secondary N) is 1. The predicted octanol–water partition coefficient (Wildman–Crippen LogP) is 0.553. The summed E-state index contributed by atoms with van der Waals surface area (Å²) in [5.41, 5.74) is 0. The average Bonchev–Trinajstić information content (AvgIpc) is 2.21. The molecule has 1 amide bonds. The molecule has 0 spiro atoms. The van der Waals surface area contributed by atoms with E-state index in [2.05, 4.69) is 5.32 Å². The van der Waals surface area contributed by atoms with E-state index in [-0.39, 0.29) is 30.9 Å².